The highest BCUT2D eigenvalue weighted by atomic mass is 16.5. The molecule has 1 fully saturated rings. The van der Waals surface area contributed by atoms with Crippen molar-refractivity contribution in [2.75, 3.05) is 13.2 Å². The molecule has 0 spiro atoms. The van der Waals surface area contributed by atoms with E-state index >= 15 is 0 Å². The summed E-state index contributed by atoms with van der Waals surface area (Å²) in [6.45, 7) is 4.54. The molecule has 2 aliphatic carbocycles. The molecule has 0 aromatic heterocycles. The van der Waals surface area contributed by atoms with Gasteiger partial charge in [0.2, 0.25) is 0 Å². The van der Waals surface area contributed by atoms with Crippen molar-refractivity contribution in [3.05, 3.63) is 11.1 Å². The molecule has 4 atom stereocenters. The Morgan fingerprint density at radius 2 is 2.11 bits per heavy atom. The molecular weight excluding hydrogens is 244 g/mol. The Bertz CT molecular complexity index is 455. The van der Waals surface area contributed by atoms with Gasteiger partial charge in [-0.05, 0) is 42.6 Å². The summed E-state index contributed by atoms with van der Waals surface area (Å²) in [5.41, 5.74) is 1.39. The third-order valence-electron chi connectivity index (χ3n) is 5.93. The first-order valence-electron chi connectivity index (χ1n) is 7.12. The SMILES string of the molecule is C[C@]1(CO)[C@@H](O)CC[C@]2(C)C3=C(CC[C@@H]12)C(=O)OC3. The molecule has 0 radical (unpaired) electrons. The third kappa shape index (κ3) is 1.56. The molecule has 1 saturated carbocycles. The largest absolute Gasteiger partial charge is 0.458 e. The fourth-order valence-corrected chi connectivity index (χ4v) is 4.61. The molecule has 0 aromatic rings. The van der Waals surface area contributed by atoms with Crippen LogP contribution in [0.5, 0.6) is 0 Å². The molecule has 19 heavy (non-hydrogen) atoms. The Morgan fingerprint density at radius 3 is 2.79 bits per heavy atom. The van der Waals surface area contributed by atoms with Crippen LogP contribution in [0.3, 0.4) is 0 Å². The molecule has 0 unspecified atom stereocenters. The number of carbonyl (C=O) groups is 1. The van der Waals surface area contributed by atoms with Crippen LogP contribution in [-0.2, 0) is 9.53 Å². The van der Waals surface area contributed by atoms with Gasteiger partial charge in [-0.15, -0.1) is 0 Å². The number of ether oxygens (including phenoxy) is 1. The number of hydrogen-bond acceptors (Lipinski definition) is 4. The summed E-state index contributed by atoms with van der Waals surface area (Å²) in [5, 5.41) is 20.1. The second-order valence-electron chi connectivity index (χ2n) is 6.76. The summed E-state index contributed by atoms with van der Waals surface area (Å²) < 4.78 is 5.20. The van der Waals surface area contributed by atoms with Crippen molar-refractivity contribution in [3.63, 3.8) is 0 Å². The van der Waals surface area contributed by atoms with Crippen LogP contribution in [0.1, 0.15) is 39.5 Å². The van der Waals surface area contributed by atoms with Crippen molar-refractivity contribution >= 4 is 5.97 Å². The van der Waals surface area contributed by atoms with E-state index in [1.54, 1.807) is 0 Å². The van der Waals surface area contributed by atoms with E-state index < -0.39 is 11.5 Å². The van der Waals surface area contributed by atoms with E-state index in [-0.39, 0.29) is 23.9 Å². The van der Waals surface area contributed by atoms with Gasteiger partial charge in [-0.25, -0.2) is 4.79 Å². The molecular formula is C15H22O4. The lowest BCUT2D eigenvalue weighted by molar-refractivity contribution is -0.136. The smallest absolute Gasteiger partial charge is 0.334 e. The maximum atomic E-state index is 11.7. The van der Waals surface area contributed by atoms with Crippen LogP contribution >= 0.6 is 0 Å². The number of carbonyl (C=O) groups excluding carboxylic acids is 1. The summed E-state index contributed by atoms with van der Waals surface area (Å²) in [4.78, 5) is 11.7. The van der Waals surface area contributed by atoms with Gasteiger partial charge in [0.05, 0.1) is 12.7 Å². The zero-order valence-electron chi connectivity index (χ0n) is 11.6. The van der Waals surface area contributed by atoms with Gasteiger partial charge in [0.15, 0.2) is 0 Å². The zero-order valence-corrected chi connectivity index (χ0v) is 11.6. The molecule has 3 aliphatic rings. The van der Waals surface area contributed by atoms with Crippen molar-refractivity contribution in [2.24, 2.45) is 16.7 Å². The topological polar surface area (TPSA) is 66.8 Å². The predicted octanol–water partition coefficient (Wildman–Crippen LogP) is 1.41. The van der Waals surface area contributed by atoms with Crippen LogP contribution < -0.4 is 0 Å². The molecule has 1 heterocycles. The van der Waals surface area contributed by atoms with E-state index in [9.17, 15) is 15.0 Å². The second kappa shape index (κ2) is 4.06. The molecule has 4 nitrogen and oxygen atoms in total. The average Bonchev–Trinajstić information content (AvgIpc) is 2.78. The minimum atomic E-state index is -0.475. The molecule has 4 heteroatoms. The molecule has 106 valence electrons. The predicted molar refractivity (Wildman–Crippen MR) is 69.2 cm³/mol. The summed E-state index contributed by atoms with van der Waals surface area (Å²) in [5.74, 6) is 0.0495. The van der Waals surface area contributed by atoms with Crippen LogP contribution in [0.25, 0.3) is 0 Å². The Hall–Kier alpha value is -0.870. The minimum absolute atomic E-state index is 0.00810. The van der Waals surface area contributed by atoms with Gasteiger partial charge in [-0.3, -0.25) is 0 Å². The zero-order chi connectivity index (χ0) is 13.8. The maximum Gasteiger partial charge on any atom is 0.334 e. The number of aliphatic hydroxyl groups is 2. The Morgan fingerprint density at radius 1 is 1.37 bits per heavy atom. The lowest BCUT2D eigenvalue weighted by Crippen LogP contribution is -2.55. The van der Waals surface area contributed by atoms with Gasteiger partial charge in [0, 0.05) is 11.0 Å². The van der Waals surface area contributed by atoms with Crippen molar-refractivity contribution in [3.8, 4) is 0 Å². The van der Waals surface area contributed by atoms with Gasteiger partial charge in [-0.2, -0.15) is 0 Å². The monoisotopic (exact) mass is 266 g/mol. The second-order valence-corrected chi connectivity index (χ2v) is 6.76. The summed E-state index contributed by atoms with van der Waals surface area (Å²) in [7, 11) is 0. The van der Waals surface area contributed by atoms with Crippen LogP contribution in [0, 0.1) is 16.7 Å². The van der Waals surface area contributed by atoms with Crippen LogP contribution in [0.15, 0.2) is 11.1 Å². The summed E-state index contributed by atoms with van der Waals surface area (Å²) >= 11 is 0. The Balaban J connectivity index is 2.06. The first-order valence-corrected chi connectivity index (χ1v) is 7.12. The van der Waals surface area contributed by atoms with E-state index in [2.05, 4.69) is 6.92 Å². The Kier molecular flexibility index (Phi) is 2.81. The third-order valence-corrected chi connectivity index (χ3v) is 5.93. The summed E-state index contributed by atoms with van der Waals surface area (Å²) in [6, 6.07) is 0. The van der Waals surface area contributed by atoms with E-state index in [1.165, 1.54) is 0 Å². The van der Waals surface area contributed by atoms with Gasteiger partial charge in [-0.1, -0.05) is 13.8 Å². The van der Waals surface area contributed by atoms with E-state index in [4.69, 9.17) is 4.74 Å². The van der Waals surface area contributed by atoms with Crippen molar-refractivity contribution < 1.29 is 19.7 Å². The number of fused-ring (bicyclic) bond motifs is 2. The van der Waals surface area contributed by atoms with Crippen LogP contribution in [0.2, 0.25) is 0 Å². The quantitative estimate of drug-likeness (QED) is 0.704. The first kappa shape index (κ1) is 13.1. The number of hydrogen-bond donors (Lipinski definition) is 2. The minimum Gasteiger partial charge on any atom is -0.458 e. The maximum absolute atomic E-state index is 11.7. The molecule has 0 amide bonds. The highest BCUT2D eigenvalue weighted by Gasteiger charge is 2.57. The lowest BCUT2D eigenvalue weighted by atomic mass is 9.49. The lowest BCUT2D eigenvalue weighted by Gasteiger charge is -2.56. The van der Waals surface area contributed by atoms with E-state index in [1.807, 2.05) is 6.92 Å². The average molecular weight is 266 g/mol. The van der Waals surface area contributed by atoms with Crippen molar-refractivity contribution in [1.82, 2.24) is 0 Å². The normalized spacial score (nSPS) is 45.8. The number of esters is 1. The summed E-state index contributed by atoms with van der Waals surface area (Å²) in [6.07, 6.45) is 2.64. The molecule has 0 bridgehead atoms. The molecule has 1 aliphatic heterocycles. The van der Waals surface area contributed by atoms with Crippen molar-refractivity contribution in [1.29, 1.82) is 0 Å². The van der Waals surface area contributed by atoms with Crippen molar-refractivity contribution in [2.45, 2.75) is 45.6 Å². The van der Waals surface area contributed by atoms with Crippen LogP contribution in [0.4, 0.5) is 0 Å². The number of rotatable bonds is 1. The van der Waals surface area contributed by atoms with Gasteiger partial charge in [0.1, 0.15) is 6.61 Å². The Labute approximate surface area is 113 Å². The van der Waals surface area contributed by atoms with Crippen LogP contribution in [-0.4, -0.2) is 35.5 Å². The fraction of sp³-hybridized carbons (Fsp3) is 0.800. The number of aliphatic hydroxyl groups excluding tert-OH is 2. The first-order chi connectivity index (χ1) is 8.93. The standard InChI is InChI=1S/C15H22O4/c1-14-6-5-12(17)15(2,8-16)11(14)4-3-9-10(14)7-19-13(9)18/h11-12,16-17H,3-8H2,1-2H3/t11-,12+,14-,15-/m1/s1. The highest BCUT2D eigenvalue weighted by molar-refractivity contribution is 5.92. The fourth-order valence-electron chi connectivity index (χ4n) is 4.61. The van der Waals surface area contributed by atoms with Gasteiger partial charge in [0.25, 0.3) is 0 Å². The molecule has 0 aromatic carbocycles. The molecule has 2 N–H and O–H groups in total. The van der Waals surface area contributed by atoms with E-state index in [0.29, 0.717) is 13.0 Å². The van der Waals surface area contributed by atoms with Gasteiger partial charge >= 0.3 is 5.97 Å². The van der Waals surface area contributed by atoms with E-state index in [0.717, 1.165) is 30.4 Å². The number of cyclic esters (lactones) is 1. The van der Waals surface area contributed by atoms with Gasteiger partial charge < -0.3 is 14.9 Å². The highest BCUT2D eigenvalue weighted by Crippen LogP contribution is 2.60. The molecule has 3 rings (SSSR count). The molecule has 0 saturated heterocycles.